The van der Waals surface area contributed by atoms with Crippen LogP contribution in [0.25, 0.3) is 0 Å². The van der Waals surface area contributed by atoms with E-state index in [0.717, 1.165) is 5.92 Å². The number of benzene rings is 1. The number of piperidine rings is 1. The van der Waals surface area contributed by atoms with E-state index >= 15 is 0 Å². The van der Waals surface area contributed by atoms with E-state index in [2.05, 4.69) is 80.9 Å². The van der Waals surface area contributed by atoms with Gasteiger partial charge in [-0.3, -0.25) is 0 Å². The topological polar surface area (TPSA) is 15.3 Å². The van der Waals surface area contributed by atoms with Gasteiger partial charge in [-0.15, -0.1) is 0 Å². The summed E-state index contributed by atoms with van der Waals surface area (Å²) >= 11 is 5.93. The Kier molecular flexibility index (Phi) is 5.33. The summed E-state index contributed by atoms with van der Waals surface area (Å²) < 4.78 is 2.42. The molecule has 18 heavy (non-hydrogen) atoms. The Balaban J connectivity index is 1.94. The standard InChI is InChI=1S/C14H20BrIN2/c1-10(11-5-7-18(2)8-6-11)17-12-3-4-14(16)13(15)9-12/h3-4,9-11,17H,5-8H2,1-2H3. The lowest BCUT2D eigenvalue weighted by atomic mass is 9.90. The molecule has 0 amide bonds. The lowest BCUT2D eigenvalue weighted by Crippen LogP contribution is -2.37. The van der Waals surface area contributed by atoms with Crippen molar-refractivity contribution >= 4 is 44.2 Å². The minimum absolute atomic E-state index is 0.547. The van der Waals surface area contributed by atoms with Crippen molar-refractivity contribution in [1.82, 2.24) is 4.90 Å². The van der Waals surface area contributed by atoms with Gasteiger partial charge in [-0.05, 0) is 103 Å². The van der Waals surface area contributed by atoms with Gasteiger partial charge in [0.15, 0.2) is 0 Å². The van der Waals surface area contributed by atoms with Crippen molar-refractivity contribution in [1.29, 1.82) is 0 Å². The third-order valence-corrected chi connectivity index (χ3v) is 6.12. The quantitative estimate of drug-likeness (QED) is 0.734. The minimum Gasteiger partial charge on any atom is -0.382 e. The fraction of sp³-hybridized carbons (Fsp3) is 0.571. The SMILES string of the molecule is CC(Nc1ccc(I)c(Br)c1)C1CCN(C)CC1. The monoisotopic (exact) mass is 422 g/mol. The van der Waals surface area contributed by atoms with E-state index in [-0.39, 0.29) is 0 Å². The highest BCUT2D eigenvalue weighted by atomic mass is 127. The molecule has 1 atom stereocenters. The Morgan fingerprint density at radius 3 is 2.67 bits per heavy atom. The van der Waals surface area contributed by atoms with Gasteiger partial charge in [0.05, 0.1) is 0 Å². The summed E-state index contributed by atoms with van der Waals surface area (Å²) in [4.78, 5) is 2.42. The molecule has 0 aromatic heterocycles. The molecular weight excluding hydrogens is 403 g/mol. The van der Waals surface area contributed by atoms with Gasteiger partial charge < -0.3 is 10.2 Å². The van der Waals surface area contributed by atoms with Crippen LogP contribution >= 0.6 is 38.5 Å². The zero-order chi connectivity index (χ0) is 13.1. The Labute approximate surface area is 132 Å². The molecule has 1 aromatic carbocycles. The molecule has 1 saturated heterocycles. The second kappa shape index (κ2) is 6.57. The van der Waals surface area contributed by atoms with Crippen molar-refractivity contribution in [2.45, 2.75) is 25.8 Å². The van der Waals surface area contributed by atoms with Gasteiger partial charge in [0.1, 0.15) is 0 Å². The highest BCUT2D eigenvalue weighted by Gasteiger charge is 2.22. The van der Waals surface area contributed by atoms with Crippen LogP contribution < -0.4 is 5.32 Å². The second-order valence-electron chi connectivity index (χ2n) is 5.20. The molecule has 100 valence electrons. The highest BCUT2D eigenvalue weighted by molar-refractivity contribution is 14.1. The smallest absolute Gasteiger partial charge is 0.0354 e. The van der Waals surface area contributed by atoms with Crippen molar-refractivity contribution in [3.8, 4) is 0 Å². The zero-order valence-electron chi connectivity index (χ0n) is 10.9. The summed E-state index contributed by atoms with van der Waals surface area (Å²) in [5.41, 5.74) is 1.22. The molecule has 4 heteroatoms. The first-order valence-electron chi connectivity index (χ1n) is 6.46. The van der Waals surface area contributed by atoms with Crippen LogP contribution in [0, 0.1) is 9.49 Å². The molecule has 1 N–H and O–H groups in total. The van der Waals surface area contributed by atoms with Crippen molar-refractivity contribution in [3.05, 3.63) is 26.2 Å². The summed E-state index contributed by atoms with van der Waals surface area (Å²) in [6.07, 6.45) is 2.60. The van der Waals surface area contributed by atoms with E-state index in [1.165, 1.54) is 39.7 Å². The molecule has 1 aromatic rings. The van der Waals surface area contributed by atoms with Gasteiger partial charge >= 0.3 is 0 Å². The number of nitrogens with zero attached hydrogens (tertiary/aromatic N) is 1. The Bertz CT molecular complexity index is 403. The van der Waals surface area contributed by atoms with E-state index in [0.29, 0.717) is 6.04 Å². The molecule has 2 nitrogen and oxygen atoms in total. The average Bonchev–Trinajstić information content (AvgIpc) is 2.34. The van der Waals surface area contributed by atoms with E-state index in [1.54, 1.807) is 0 Å². The summed E-state index contributed by atoms with van der Waals surface area (Å²) in [6, 6.07) is 7.03. The fourth-order valence-corrected chi connectivity index (χ4v) is 3.21. The first kappa shape index (κ1) is 14.6. The summed E-state index contributed by atoms with van der Waals surface area (Å²) in [5.74, 6) is 0.791. The van der Waals surface area contributed by atoms with E-state index in [4.69, 9.17) is 0 Å². The molecule has 1 unspecified atom stereocenters. The van der Waals surface area contributed by atoms with Crippen molar-refractivity contribution in [2.75, 3.05) is 25.5 Å². The first-order chi connectivity index (χ1) is 8.56. The van der Waals surface area contributed by atoms with Crippen LogP contribution in [0.1, 0.15) is 19.8 Å². The van der Waals surface area contributed by atoms with Gasteiger partial charge in [-0.1, -0.05) is 0 Å². The molecular formula is C14H20BrIN2. The number of anilines is 1. The van der Waals surface area contributed by atoms with E-state index < -0.39 is 0 Å². The molecule has 0 spiro atoms. The maximum absolute atomic E-state index is 3.64. The molecule has 1 heterocycles. The molecule has 0 aliphatic carbocycles. The van der Waals surface area contributed by atoms with Crippen molar-refractivity contribution in [3.63, 3.8) is 0 Å². The lowest BCUT2D eigenvalue weighted by Gasteiger charge is -2.33. The molecule has 1 aliphatic heterocycles. The van der Waals surface area contributed by atoms with Gasteiger partial charge in [0.2, 0.25) is 0 Å². The third-order valence-electron chi connectivity index (χ3n) is 3.78. The Hall–Kier alpha value is 0.190. The number of nitrogens with one attached hydrogen (secondary N) is 1. The largest absolute Gasteiger partial charge is 0.382 e. The van der Waals surface area contributed by atoms with Crippen LogP contribution in [0.3, 0.4) is 0 Å². The van der Waals surface area contributed by atoms with Gasteiger partial charge in [-0.2, -0.15) is 0 Å². The van der Waals surface area contributed by atoms with Crippen LogP contribution in [0.5, 0.6) is 0 Å². The zero-order valence-corrected chi connectivity index (χ0v) is 14.7. The number of hydrogen-bond donors (Lipinski definition) is 1. The molecule has 0 radical (unpaired) electrons. The molecule has 2 rings (SSSR count). The summed E-state index contributed by atoms with van der Waals surface area (Å²) in [7, 11) is 2.21. The summed E-state index contributed by atoms with van der Waals surface area (Å²) in [5, 5.41) is 3.64. The Morgan fingerprint density at radius 1 is 1.39 bits per heavy atom. The second-order valence-corrected chi connectivity index (χ2v) is 7.22. The van der Waals surface area contributed by atoms with Gasteiger partial charge in [0, 0.05) is 19.8 Å². The number of rotatable bonds is 3. The number of likely N-dealkylation sites (tertiary alicyclic amines) is 1. The predicted octanol–water partition coefficient (Wildman–Crippen LogP) is 4.20. The number of hydrogen-bond acceptors (Lipinski definition) is 2. The predicted molar refractivity (Wildman–Crippen MR) is 90.2 cm³/mol. The third kappa shape index (κ3) is 3.84. The van der Waals surface area contributed by atoms with Crippen LogP contribution in [-0.4, -0.2) is 31.1 Å². The van der Waals surface area contributed by atoms with E-state index in [1.807, 2.05) is 0 Å². The van der Waals surface area contributed by atoms with Crippen molar-refractivity contribution < 1.29 is 0 Å². The molecule has 1 aliphatic rings. The summed E-state index contributed by atoms with van der Waals surface area (Å²) in [6.45, 7) is 4.77. The maximum Gasteiger partial charge on any atom is 0.0354 e. The van der Waals surface area contributed by atoms with Gasteiger partial charge in [0.25, 0.3) is 0 Å². The molecule has 0 saturated carbocycles. The maximum atomic E-state index is 3.64. The molecule has 0 bridgehead atoms. The van der Waals surface area contributed by atoms with E-state index in [9.17, 15) is 0 Å². The Morgan fingerprint density at radius 2 is 2.06 bits per heavy atom. The number of halogens is 2. The normalized spacial score (nSPS) is 19.8. The highest BCUT2D eigenvalue weighted by Crippen LogP contribution is 2.26. The van der Waals surface area contributed by atoms with Crippen molar-refractivity contribution in [2.24, 2.45) is 5.92 Å². The van der Waals surface area contributed by atoms with Crippen LogP contribution in [0.15, 0.2) is 22.7 Å². The average molecular weight is 423 g/mol. The minimum atomic E-state index is 0.547. The molecule has 1 fully saturated rings. The van der Waals surface area contributed by atoms with Gasteiger partial charge in [-0.25, -0.2) is 0 Å². The fourth-order valence-electron chi connectivity index (χ4n) is 2.50. The van der Waals surface area contributed by atoms with Crippen LogP contribution in [-0.2, 0) is 0 Å². The lowest BCUT2D eigenvalue weighted by molar-refractivity contribution is 0.208. The van der Waals surface area contributed by atoms with Crippen LogP contribution in [0.4, 0.5) is 5.69 Å². The first-order valence-corrected chi connectivity index (χ1v) is 8.33. The van der Waals surface area contributed by atoms with Crippen LogP contribution in [0.2, 0.25) is 0 Å².